The van der Waals surface area contributed by atoms with Gasteiger partial charge in [0, 0.05) is 56.5 Å². The second-order valence-corrected chi connectivity index (χ2v) is 12.6. The Balaban J connectivity index is 1.14. The molecule has 2 aliphatic heterocycles. The van der Waals surface area contributed by atoms with Gasteiger partial charge in [0.1, 0.15) is 11.4 Å². The van der Waals surface area contributed by atoms with Crippen LogP contribution in [0, 0.1) is 16.7 Å². The molecule has 2 aromatic rings. The SMILES string of the molecule is CCOc1ccccc1N1CCN(C(=O)c2csc(C3CCN(C(=O)C4C(C)(C)C4(C)C)CC3)n2)CC1. The van der Waals surface area contributed by atoms with E-state index in [4.69, 9.17) is 9.72 Å². The van der Waals surface area contributed by atoms with Crippen LogP contribution in [0.5, 0.6) is 5.75 Å². The van der Waals surface area contributed by atoms with Crippen molar-refractivity contribution in [2.75, 3.05) is 50.8 Å². The summed E-state index contributed by atoms with van der Waals surface area (Å²) in [6, 6.07) is 8.10. The molecule has 0 atom stereocenters. The highest BCUT2D eigenvalue weighted by Gasteiger charge is 2.68. The fourth-order valence-electron chi connectivity index (χ4n) is 6.22. The largest absolute Gasteiger partial charge is 0.492 e. The van der Waals surface area contributed by atoms with Crippen molar-refractivity contribution in [2.45, 2.75) is 53.4 Å². The number of rotatable bonds is 6. The van der Waals surface area contributed by atoms with Crippen molar-refractivity contribution >= 4 is 28.8 Å². The zero-order valence-electron chi connectivity index (χ0n) is 22.8. The molecule has 7 nitrogen and oxygen atoms in total. The summed E-state index contributed by atoms with van der Waals surface area (Å²) in [7, 11) is 0. The molecule has 0 bridgehead atoms. The summed E-state index contributed by atoms with van der Waals surface area (Å²) in [5, 5.41) is 2.95. The van der Waals surface area contributed by atoms with E-state index < -0.39 is 0 Å². The number of anilines is 1. The summed E-state index contributed by atoms with van der Waals surface area (Å²) >= 11 is 1.59. The van der Waals surface area contributed by atoms with E-state index >= 15 is 0 Å². The van der Waals surface area contributed by atoms with Gasteiger partial charge in [-0.3, -0.25) is 9.59 Å². The number of hydrogen-bond donors (Lipinski definition) is 0. The first-order valence-electron chi connectivity index (χ1n) is 13.7. The molecule has 0 radical (unpaired) electrons. The van der Waals surface area contributed by atoms with E-state index in [1.807, 2.05) is 35.4 Å². The summed E-state index contributed by atoms with van der Waals surface area (Å²) in [4.78, 5) is 37.4. The maximum atomic E-state index is 13.2. The predicted octanol–water partition coefficient (Wildman–Crippen LogP) is 4.89. The van der Waals surface area contributed by atoms with Crippen molar-refractivity contribution in [3.63, 3.8) is 0 Å². The monoisotopic (exact) mass is 524 g/mol. The Hall–Kier alpha value is -2.61. The summed E-state index contributed by atoms with van der Waals surface area (Å²) in [6.07, 6.45) is 1.83. The number of benzene rings is 1. The van der Waals surface area contributed by atoms with Crippen LogP contribution in [0.2, 0.25) is 0 Å². The Morgan fingerprint density at radius 2 is 1.62 bits per heavy atom. The average molecular weight is 525 g/mol. The fraction of sp³-hybridized carbons (Fsp3) is 0.621. The minimum atomic E-state index is 0.0195. The zero-order chi connectivity index (χ0) is 26.4. The average Bonchev–Trinajstić information content (AvgIpc) is 3.21. The zero-order valence-corrected chi connectivity index (χ0v) is 23.6. The molecule has 1 aromatic carbocycles. The van der Waals surface area contributed by atoms with E-state index in [2.05, 4.69) is 43.6 Å². The van der Waals surface area contributed by atoms with Gasteiger partial charge >= 0.3 is 0 Å². The Morgan fingerprint density at radius 3 is 2.24 bits per heavy atom. The first-order valence-corrected chi connectivity index (χ1v) is 14.5. The quantitative estimate of drug-likeness (QED) is 0.538. The number of para-hydroxylation sites is 2. The van der Waals surface area contributed by atoms with Crippen LogP contribution in [-0.4, -0.2) is 72.5 Å². The Kier molecular flexibility index (Phi) is 6.98. The lowest BCUT2D eigenvalue weighted by atomic mass is 9.96. The maximum absolute atomic E-state index is 13.2. The van der Waals surface area contributed by atoms with Crippen LogP contribution in [-0.2, 0) is 4.79 Å². The molecule has 3 fully saturated rings. The lowest BCUT2D eigenvalue weighted by Crippen LogP contribution is -2.49. The third-order valence-electron chi connectivity index (χ3n) is 9.24. The van der Waals surface area contributed by atoms with Gasteiger partial charge in [0.05, 0.1) is 17.3 Å². The highest BCUT2D eigenvalue weighted by molar-refractivity contribution is 7.09. The Bertz CT molecular complexity index is 1130. The molecule has 1 aliphatic carbocycles. The molecule has 0 unspecified atom stereocenters. The highest BCUT2D eigenvalue weighted by atomic mass is 32.1. The molecule has 1 aromatic heterocycles. The molecule has 1 saturated carbocycles. The molecular weight excluding hydrogens is 484 g/mol. The number of ether oxygens (including phenoxy) is 1. The number of piperidine rings is 1. The minimum Gasteiger partial charge on any atom is -0.492 e. The van der Waals surface area contributed by atoms with Gasteiger partial charge in [-0.15, -0.1) is 11.3 Å². The van der Waals surface area contributed by atoms with Gasteiger partial charge in [-0.2, -0.15) is 0 Å². The lowest BCUT2D eigenvalue weighted by molar-refractivity contribution is -0.134. The Morgan fingerprint density at radius 1 is 0.973 bits per heavy atom. The second-order valence-electron chi connectivity index (χ2n) is 11.7. The highest BCUT2D eigenvalue weighted by Crippen LogP contribution is 2.68. The van der Waals surface area contributed by atoms with Crippen LogP contribution >= 0.6 is 11.3 Å². The van der Waals surface area contributed by atoms with E-state index in [9.17, 15) is 9.59 Å². The number of carbonyl (C=O) groups excluding carboxylic acids is 2. The molecule has 0 spiro atoms. The fourth-order valence-corrected chi connectivity index (χ4v) is 7.19. The first-order chi connectivity index (χ1) is 17.6. The lowest BCUT2D eigenvalue weighted by Gasteiger charge is -2.36. The van der Waals surface area contributed by atoms with Gasteiger partial charge in [-0.1, -0.05) is 39.8 Å². The molecule has 3 aliphatic rings. The molecule has 5 rings (SSSR count). The summed E-state index contributed by atoms with van der Waals surface area (Å²) in [5.41, 5.74) is 1.79. The third kappa shape index (κ3) is 4.73. The van der Waals surface area contributed by atoms with Gasteiger partial charge in [0.2, 0.25) is 5.91 Å². The molecule has 0 N–H and O–H groups in total. The smallest absolute Gasteiger partial charge is 0.273 e. The van der Waals surface area contributed by atoms with E-state index in [-0.39, 0.29) is 22.7 Å². The molecular formula is C29H40N4O3S. The summed E-state index contributed by atoms with van der Waals surface area (Å²) in [6.45, 7) is 15.9. The van der Waals surface area contributed by atoms with Crippen molar-refractivity contribution in [1.82, 2.24) is 14.8 Å². The number of aromatic nitrogens is 1. The number of nitrogens with zero attached hydrogens (tertiary/aromatic N) is 4. The molecule has 3 heterocycles. The maximum Gasteiger partial charge on any atom is 0.273 e. The number of amides is 2. The van der Waals surface area contributed by atoms with Crippen molar-refractivity contribution in [1.29, 1.82) is 0 Å². The van der Waals surface area contributed by atoms with Gasteiger partial charge in [0.25, 0.3) is 5.91 Å². The van der Waals surface area contributed by atoms with E-state index in [1.54, 1.807) is 11.3 Å². The van der Waals surface area contributed by atoms with Crippen molar-refractivity contribution in [3.05, 3.63) is 40.3 Å². The minimum absolute atomic E-state index is 0.0195. The van der Waals surface area contributed by atoms with Gasteiger partial charge in [-0.25, -0.2) is 4.98 Å². The number of piperazine rings is 1. The van der Waals surface area contributed by atoms with E-state index in [0.29, 0.717) is 37.2 Å². The third-order valence-corrected chi connectivity index (χ3v) is 10.2. The number of carbonyl (C=O) groups is 2. The normalized spacial score (nSPS) is 21.7. The van der Waals surface area contributed by atoms with Crippen LogP contribution in [0.25, 0.3) is 0 Å². The van der Waals surface area contributed by atoms with Crippen molar-refractivity contribution < 1.29 is 14.3 Å². The number of hydrogen-bond acceptors (Lipinski definition) is 6. The van der Waals surface area contributed by atoms with Crippen LogP contribution in [0.1, 0.15) is 68.9 Å². The standard InChI is InChI=1S/C29H40N4O3S/c1-6-36-23-10-8-7-9-22(23)31-15-17-33(18-16-31)26(34)21-19-37-25(30-21)20-11-13-32(14-12-20)27(35)24-28(2,3)29(24,4)5/h7-10,19-20,24H,6,11-18H2,1-5H3. The van der Waals surface area contributed by atoms with Crippen LogP contribution < -0.4 is 9.64 Å². The van der Waals surface area contributed by atoms with Gasteiger partial charge in [0.15, 0.2) is 0 Å². The second kappa shape index (κ2) is 9.93. The number of thiazole rings is 1. The molecule has 2 saturated heterocycles. The molecule has 37 heavy (non-hydrogen) atoms. The van der Waals surface area contributed by atoms with Gasteiger partial charge < -0.3 is 19.4 Å². The van der Waals surface area contributed by atoms with E-state index in [0.717, 1.165) is 55.5 Å². The first kappa shape index (κ1) is 26.0. The van der Waals surface area contributed by atoms with Crippen molar-refractivity contribution in [2.24, 2.45) is 16.7 Å². The summed E-state index contributed by atoms with van der Waals surface area (Å²) in [5.74, 6) is 1.67. The molecule has 8 heteroatoms. The Labute approximate surface area is 224 Å². The van der Waals surface area contributed by atoms with Crippen LogP contribution in [0.3, 0.4) is 0 Å². The van der Waals surface area contributed by atoms with Crippen LogP contribution in [0.15, 0.2) is 29.6 Å². The van der Waals surface area contributed by atoms with Gasteiger partial charge in [-0.05, 0) is 42.7 Å². The van der Waals surface area contributed by atoms with Crippen LogP contribution in [0.4, 0.5) is 5.69 Å². The topological polar surface area (TPSA) is 66.0 Å². The van der Waals surface area contributed by atoms with E-state index in [1.165, 1.54) is 0 Å². The van der Waals surface area contributed by atoms with Crippen molar-refractivity contribution in [3.8, 4) is 5.75 Å². The summed E-state index contributed by atoms with van der Waals surface area (Å²) < 4.78 is 5.79. The molecule has 2 amide bonds. The molecule has 200 valence electrons. The number of likely N-dealkylation sites (tertiary alicyclic amines) is 1. The predicted molar refractivity (Wildman–Crippen MR) is 147 cm³/mol.